The Bertz CT molecular complexity index is 796. The lowest BCUT2D eigenvalue weighted by molar-refractivity contribution is 0.519. The first kappa shape index (κ1) is 18.1. The summed E-state index contributed by atoms with van der Waals surface area (Å²) in [6, 6.07) is 0. The Morgan fingerprint density at radius 3 is 0.750 bits per heavy atom. The van der Waals surface area contributed by atoms with Gasteiger partial charge < -0.3 is 0 Å². The predicted molar refractivity (Wildman–Crippen MR) is 116 cm³/mol. The summed E-state index contributed by atoms with van der Waals surface area (Å²) < 4.78 is 33.8. The zero-order valence-electron chi connectivity index (χ0n) is 16.7. The third-order valence-corrected chi connectivity index (χ3v) is 19.6. The number of rotatable bonds is 6. The first-order valence-corrected chi connectivity index (χ1v) is 16.0. The van der Waals surface area contributed by atoms with E-state index in [4.69, 9.17) is 13.5 Å². The maximum absolute atomic E-state index is 5.92. The Hall–Kier alpha value is 0.450. The van der Waals surface area contributed by atoms with Crippen LogP contribution in [0.3, 0.4) is 0 Å². The van der Waals surface area contributed by atoms with Crippen LogP contribution in [0.2, 0.25) is 0 Å². The Morgan fingerprint density at radius 2 is 0.536 bits per heavy atom. The molecule has 7 aliphatic rings. The molecule has 9 nitrogen and oxygen atoms in total. The third kappa shape index (κ3) is 2.65. The average Bonchev–Trinajstić information content (AvgIpc) is 3.54. The molecule has 2 atom stereocenters. The molecule has 7 aliphatic heterocycles. The normalized spacial score (nSPS) is 44.1. The topological polar surface area (TPSA) is 55.6 Å². The smallest absolute Gasteiger partial charge is 0.221 e. The molecule has 0 radical (unpaired) electrons. The molecule has 0 unspecified atom stereocenters. The maximum Gasteiger partial charge on any atom is 0.221 e. The van der Waals surface area contributed by atoms with Gasteiger partial charge in [-0.3, -0.25) is 0 Å². The Morgan fingerprint density at radius 1 is 0.321 bits per heavy atom. The van der Waals surface area contributed by atoms with E-state index in [1.807, 2.05) is 0 Å². The van der Waals surface area contributed by atoms with E-state index in [-0.39, 0.29) is 0 Å². The van der Waals surface area contributed by atoms with Gasteiger partial charge in [0.25, 0.3) is 0 Å². The Balaban J connectivity index is 1.52. The lowest BCUT2D eigenvalue weighted by Crippen LogP contribution is -2.25. The van der Waals surface area contributed by atoms with Gasteiger partial charge in [-0.2, -0.15) is 13.5 Å². The summed E-state index contributed by atoms with van der Waals surface area (Å²) in [6.07, 6.45) is 5.26. The minimum absolute atomic E-state index is 1.19. The summed E-state index contributed by atoms with van der Waals surface area (Å²) >= 11 is 0. The van der Waals surface area contributed by atoms with Crippen LogP contribution in [0.15, 0.2) is 13.5 Å². The largest absolute Gasteiger partial charge is 0.240 e. The van der Waals surface area contributed by atoms with E-state index in [0.717, 1.165) is 0 Å². The number of hydrogen-bond acceptors (Lipinski definition) is 9. The van der Waals surface area contributed by atoms with Crippen molar-refractivity contribution in [3.63, 3.8) is 0 Å². The molecule has 0 aliphatic carbocycles. The quantitative estimate of drug-likeness (QED) is 0.464. The van der Waals surface area contributed by atoms with Gasteiger partial charge in [0, 0.05) is 78.5 Å². The molecular weight excluding hydrogens is 411 g/mol. The highest BCUT2D eigenvalue weighted by Crippen LogP contribution is 2.86. The fraction of sp³-hybridized carbons (Fsp3) is 1.00. The van der Waals surface area contributed by atoms with Crippen LogP contribution >= 0.6 is 22.5 Å². The average molecular weight is 443 g/mol. The molecule has 6 fully saturated rings. The summed E-state index contributed by atoms with van der Waals surface area (Å²) in [5.41, 5.74) is 0. The second-order valence-electron chi connectivity index (χ2n) is 9.01. The predicted octanol–water partition coefficient (Wildman–Crippen LogP) is 3.29. The second-order valence-corrected chi connectivity index (χ2v) is 17.8. The molecule has 0 aromatic heterocycles. The van der Waals surface area contributed by atoms with Gasteiger partial charge in [0.15, 0.2) is 0 Å². The first-order chi connectivity index (χ1) is 13.8. The molecule has 0 amide bonds. The van der Waals surface area contributed by atoms with Gasteiger partial charge in [-0.25, -0.2) is 28.0 Å². The van der Waals surface area contributed by atoms with Gasteiger partial charge in [-0.05, 0) is 25.7 Å². The zero-order chi connectivity index (χ0) is 18.4. The highest BCUT2D eigenvalue weighted by molar-refractivity contribution is 7.83. The number of nitrogens with zero attached hydrogens (tertiary/aromatic N) is 9. The molecule has 156 valence electrons. The molecule has 0 saturated carbocycles. The van der Waals surface area contributed by atoms with Crippen molar-refractivity contribution >= 4 is 22.5 Å². The van der Waals surface area contributed by atoms with Crippen molar-refractivity contribution in [1.29, 1.82) is 0 Å². The highest BCUT2D eigenvalue weighted by atomic mass is 31.3. The molecule has 0 aromatic rings. The van der Waals surface area contributed by atoms with E-state index < -0.39 is 22.5 Å². The summed E-state index contributed by atoms with van der Waals surface area (Å²) in [7, 11) is -5.89. The van der Waals surface area contributed by atoms with Crippen LogP contribution in [0.5, 0.6) is 0 Å². The molecule has 0 aromatic carbocycles. The molecule has 7 rings (SSSR count). The summed E-state index contributed by atoms with van der Waals surface area (Å²) in [4.78, 5) is 0. The van der Waals surface area contributed by atoms with Gasteiger partial charge in [-0.15, -0.1) is 0 Å². The van der Waals surface area contributed by atoms with E-state index in [0.29, 0.717) is 0 Å². The maximum atomic E-state index is 5.92. The second kappa shape index (κ2) is 6.25. The van der Waals surface area contributed by atoms with Crippen molar-refractivity contribution in [3.05, 3.63) is 0 Å². The van der Waals surface area contributed by atoms with Crippen LogP contribution < -0.4 is 0 Å². The fourth-order valence-electron chi connectivity index (χ4n) is 4.94. The van der Waals surface area contributed by atoms with Crippen LogP contribution in [0.25, 0.3) is 0 Å². The van der Waals surface area contributed by atoms with Crippen molar-refractivity contribution < 1.29 is 0 Å². The van der Waals surface area contributed by atoms with Crippen LogP contribution in [-0.4, -0.2) is 107 Å². The van der Waals surface area contributed by atoms with Crippen LogP contribution in [0.4, 0.5) is 0 Å². The highest BCUT2D eigenvalue weighted by Gasteiger charge is 2.58. The van der Waals surface area contributed by atoms with Crippen LogP contribution in [-0.2, 0) is 0 Å². The van der Waals surface area contributed by atoms with Gasteiger partial charge in [0.05, 0.1) is 0 Å². The van der Waals surface area contributed by atoms with Gasteiger partial charge in [0.2, 0.25) is 22.5 Å². The van der Waals surface area contributed by atoms with Crippen molar-refractivity contribution in [2.75, 3.05) is 78.5 Å². The molecule has 0 bridgehead atoms. The van der Waals surface area contributed by atoms with Crippen LogP contribution in [0.1, 0.15) is 25.7 Å². The monoisotopic (exact) mass is 443 g/mol. The lowest BCUT2D eigenvalue weighted by atomic mass is 10.4. The molecule has 0 N–H and O–H groups in total. The first-order valence-electron chi connectivity index (χ1n) is 11.2. The van der Waals surface area contributed by atoms with Crippen molar-refractivity contribution in [3.8, 4) is 0 Å². The zero-order valence-corrected chi connectivity index (χ0v) is 19.4. The fourth-order valence-corrected chi connectivity index (χ4v) is 20.8. The van der Waals surface area contributed by atoms with Crippen LogP contribution in [0, 0.1) is 0 Å². The van der Waals surface area contributed by atoms with Crippen molar-refractivity contribution in [1.82, 2.24) is 28.0 Å². The van der Waals surface area contributed by atoms with Crippen molar-refractivity contribution in [2.24, 2.45) is 13.5 Å². The van der Waals surface area contributed by atoms with Gasteiger partial charge in [0.1, 0.15) is 0 Å². The summed E-state index contributed by atoms with van der Waals surface area (Å²) in [5.74, 6) is 0. The van der Waals surface area contributed by atoms with Gasteiger partial charge in [-0.1, -0.05) is 0 Å². The molecule has 0 spiro atoms. The van der Waals surface area contributed by atoms with Crippen molar-refractivity contribution in [2.45, 2.75) is 25.7 Å². The molecular formula is C16H32N9P3. The minimum Gasteiger partial charge on any atom is -0.240 e. The Labute approximate surface area is 168 Å². The SMILES string of the molecule is C1CCN([P@]2(N3CC3)=NP(N3CC3)(N3CC3)=N[P@@](N3CCCC3)(N3CC3)=N2)C1. The standard InChI is InChI=1S/C16H32N9P3/c1-2-6-20(5-1)26(22-9-10-22)17-27(23-11-12-23,21-7-3-4-8-21)19-28(18-26,24-13-14-24)25-15-16-25/h1-16H2/t26-,27+. The van der Waals surface area contributed by atoms with Gasteiger partial charge >= 0.3 is 0 Å². The van der Waals surface area contributed by atoms with E-state index >= 15 is 0 Å². The number of hydrogen-bond donors (Lipinski definition) is 0. The minimum atomic E-state index is -1.98. The lowest BCUT2D eigenvalue weighted by Gasteiger charge is -2.43. The molecule has 28 heavy (non-hydrogen) atoms. The van der Waals surface area contributed by atoms with E-state index in [1.165, 1.54) is 104 Å². The van der Waals surface area contributed by atoms with E-state index in [9.17, 15) is 0 Å². The third-order valence-electron chi connectivity index (χ3n) is 6.86. The molecule has 6 saturated heterocycles. The summed E-state index contributed by atoms with van der Waals surface area (Å²) in [6.45, 7) is 14.3. The van der Waals surface area contributed by atoms with E-state index in [2.05, 4.69) is 28.0 Å². The van der Waals surface area contributed by atoms with E-state index in [1.54, 1.807) is 0 Å². The summed E-state index contributed by atoms with van der Waals surface area (Å²) in [5, 5.41) is 0. The molecule has 12 heteroatoms. The Kier molecular flexibility index (Phi) is 4.03. The molecule has 7 heterocycles.